The van der Waals surface area contributed by atoms with E-state index in [1.807, 2.05) is 0 Å². The maximum atomic E-state index is 12.7. The molecule has 0 aliphatic heterocycles. The van der Waals surface area contributed by atoms with Crippen LogP contribution in [0.3, 0.4) is 0 Å². The number of benzene rings is 1. The second kappa shape index (κ2) is 4.87. The number of halogens is 3. The normalized spacial score (nSPS) is 17.2. The molecular formula is C12H15F3O. The highest BCUT2D eigenvalue weighted by Gasteiger charge is 2.39. The molecule has 2 atom stereocenters. The van der Waals surface area contributed by atoms with Gasteiger partial charge in [-0.1, -0.05) is 26.0 Å². The summed E-state index contributed by atoms with van der Waals surface area (Å²) in [4.78, 5) is 0. The third-order valence-corrected chi connectivity index (χ3v) is 3.01. The van der Waals surface area contributed by atoms with E-state index in [-0.39, 0.29) is 6.42 Å². The van der Waals surface area contributed by atoms with Crippen molar-refractivity contribution in [1.29, 1.82) is 0 Å². The van der Waals surface area contributed by atoms with Crippen LogP contribution >= 0.6 is 0 Å². The summed E-state index contributed by atoms with van der Waals surface area (Å²) in [5.41, 5.74) is -1.29. The van der Waals surface area contributed by atoms with Crippen LogP contribution in [0.5, 0.6) is 0 Å². The molecule has 1 N–H and O–H groups in total. The molecule has 1 nitrogen and oxygen atoms in total. The van der Waals surface area contributed by atoms with Gasteiger partial charge in [-0.3, -0.25) is 0 Å². The Morgan fingerprint density at radius 2 is 1.75 bits per heavy atom. The predicted octanol–water partition coefficient (Wildman–Crippen LogP) is 3.32. The fraction of sp³-hybridized carbons (Fsp3) is 0.500. The second-order valence-electron chi connectivity index (χ2n) is 3.91. The molecule has 90 valence electrons. The molecule has 0 aromatic heterocycles. The molecule has 16 heavy (non-hydrogen) atoms. The van der Waals surface area contributed by atoms with Crippen molar-refractivity contribution in [3.8, 4) is 0 Å². The summed E-state index contributed by atoms with van der Waals surface area (Å²) in [6, 6.07) is 5.01. The van der Waals surface area contributed by atoms with Gasteiger partial charge in [0.2, 0.25) is 6.43 Å². The lowest BCUT2D eigenvalue weighted by Gasteiger charge is -2.33. The Morgan fingerprint density at radius 3 is 2.12 bits per heavy atom. The van der Waals surface area contributed by atoms with E-state index >= 15 is 0 Å². The molecule has 1 aromatic carbocycles. The topological polar surface area (TPSA) is 20.2 Å². The van der Waals surface area contributed by atoms with Crippen molar-refractivity contribution in [2.45, 2.75) is 32.3 Å². The van der Waals surface area contributed by atoms with Crippen molar-refractivity contribution in [1.82, 2.24) is 0 Å². The van der Waals surface area contributed by atoms with E-state index in [9.17, 15) is 18.3 Å². The zero-order chi connectivity index (χ0) is 12.3. The number of rotatable bonds is 4. The van der Waals surface area contributed by atoms with Crippen LogP contribution in [-0.2, 0) is 5.60 Å². The summed E-state index contributed by atoms with van der Waals surface area (Å²) < 4.78 is 38.0. The highest BCUT2D eigenvalue weighted by Crippen LogP contribution is 2.36. The predicted molar refractivity (Wildman–Crippen MR) is 55.8 cm³/mol. The molecule has 0 saturated heterocycles. The van der Waals surface area contributed by atoms with Crippen molar-refractivity contribution in [2.75, 3.05) is 0 Å². The van der Waals surface area contributed by atoms with E-state index in [1.165, 1.54) is 19.1 Å². The van der Waals surface area contributed by atoms with Crippen molar-refractivity contribution >= 4 is 0 Å². The molecule has 0 aliphatic carbocycles. The third-order valence-electron chi connectivity index (χ3n) is 3.01. The zero-order valence-corrected chi connectivity index (χ0v) is 9.25. The molecule has 0 bridgehead atoms. The van der Waals surface area contributed by atoms with Gasteiger partial charge in [-0.05, 0) is 24.1 Å². The van der Waals surface area contributed by atoms with Crippen LogP contribution in [0, 0.1) is 11.7 Å². The summed E-state index contributed by atoms with van der Waals surface area (Å²) in [5, 5.41) is 10.2. The minimum Gasteiger partial charge on any atom is -0.385 e. The van der Waals surface area contributed by atoms with Crippen LogP contribution in [-0.4, -0.2) is 11.5 Å². The van der Waals surface area contributed by atoms with Gasteiger partial charge in [-0.2, -0.15) is 0 Å². The van der Waals surface area contributed by atoms with Gasteiger partial charge in [-0.25, -0.2) is 13.2 Å². The molecule has 1 rings (SSSR count). The maximum Gasteiger partial charge on any atom is 0.244 e. The standard InChI is InChI=1S/C12H15F3O/c1-3-12(16,8(2)11(14)15)9-4-6-10(13)7-5-9/h4-8,11,16H,3H2,1-2H3. The first-order valence-electron chi connectivity index (χ1n) is 5.18. The maximum absolute atomic E-state index is 12.7. The summed E-state index contributed by atoms with van der Waals surface area (Å²) in [6.45, 7) is 2.92. The van der Waals surface area contributed by atoms with Gasteiger partial charge in [0, 0.05) is 0 Å². The number of alkyl halides is 2. The Bertz CT molecular complexity index is 337. The molecule has 0 radical (unpaired) electrons. The molecular weight excluding hydrogens is 217 g/mol. The summed E-state index contributed by atoms with van der Waals surface area (Å²) in [7, 11) is 0. The molecule has 0 fully saturated rings. The van der Waals surface area contributed by atoms with Gasteiger partial charge < -0.3 is 5.11 Å². The van der Waals surface area contributed by atoms with Gasteiger partial charge in [0.15, 0.2) is 0 Å². The highest BCUT2D eigenvalue weighted by atomic mass is 19.3. The van der Waals surface area contributed by atoms with Gasteiger partial charge >= 0.3 is 0 Å². The lowest BCUT2D eigenvalue weighted by atomic mass is 9.80. The van der Waals surface area contributed by atoms with Gasteiger partial charge in [0.05, 0.1) is 11.5 Å². The fourth-order valence-corrected chi connectivity index (χ4v) is 1.74. The van der Waals surface area contributed by atoms with Gasteiger partial charge in [0.25, 0.3) is 0 Å². The van der Waals surface area contributed by atoms with Crippen LogP contribution in [0.15, 0.2) is 24.3 Å². The first-order chi connectivity index (χ1) is 7.41. The average molecular weight is 232 g/mol. The van der Waals surface area contributed by atoms with Crippen LogP contribution in [0.25, 0.3) is 0 Å². The lowest BCUT2D eigenvalue weighted by molar-refractivity contribution is -0.0848. The average Bonchev–Trinajstić information content (AvgIpc) is 2.27. The van der Waals surface area contributed by atoms with Crippen LogP contribution < -0.4 is 0 Å². The zero-order valence-electron chi connectivity index (χ0n) is 9.25. The molecule has 4 heteroatoms. The van der Waals surface area contributed by atoms with E-state index in [4.69, 9.17) is 0 Å². The van der Waals surface area contributed by atoms with Crippen molar-refractivity contribution in [3.63, 3.8) is 0 Å². The van der Waals surface area contributed by atoms with E-state index in [0.29, 0.717) is 5.56 Å². The molecule has 0 amide bonds. The summed E-state index contributed by atoms with van der Waals surface area (Å²) in [6.07, 6.45) is -2.46. The van der Waals surface area contributed by atoms with E-state index in [2.05, 4.69) is 0 Å². The first-order valence-corrected chi connectivity index (χ1v) is 5.18. The summed E-state index contributed by atoms with van der Waals surface area (Å²) in [5.74, 6) is -1.64. The number of hydrogen-bond acceptors (Lipinski definition) is 1. The smallest absolute Gasteiger partial charge is 0.244 e. The van der Waals surface area contributed by atoms with Crippen molar-refractivity contribution in [3.05, 3.63) is 35.6 Å². The number of aliphatic hydroxyl groups is 1. The van der Waals surface area contributed by atoms with Gasteiger partial charge in [-0.15, -0.1) is 0 Å². The van der Waals surface area contributed by atoms with Crippen molar-refractivity contribution < 1.29 is 18.3 Å². The largest absolute Gasteiger partial charge is 0.385 e. The van der Waals surface area contributed by atoms with Crippen molar-refractivity contribution in [2.24, 2.45) is 5.92 Å². The molecule has 0 saturated carbocycles. The minimum atomic E-state index is -2.62. The monoisotopic (exact) mass is 232 g/mol. The van der Waals surface area contributed by atoms with Crippen LogP contribution in [0.4, 0.5) is 13.2 Å². The Hall–Kier alpha value is -1.03. The quantitative estimate of drug-likeness (QED) is 0.844. The molecule has 1 aromatic rings. The summed E-state index contributed by atoms with van der Waals surface area (Å²) >= 11 is 0. The second-order valence-corrected chi connectivity index (χ2v) is 3.91. The Balaban J connectivity index is 3.09. The highest BCUT2D eigenvalue weighted by molar-refractivity contribution is 5.24. The Morgan fingerprint density at radius 1 is 1.25 bits per heavy atom. The SMILES string of the molecule is CCC(O)(c1ccc(F)cc1)C(C)C(F)F. The molecule has 0 aliphatic rings. The third kappa shape index (κ3) is 2.38. The molecule has 0 heterocycles. The van der Waals surface area contributed by atoms with Crippen LogP contribution in [0.2, 0.25) is 0 Å². The van der Waals surface area contributed by atoms with E-state index < -0.39 is 23.8 Å². The minimum absolute atomic E-state index is 0.157. The van der Waals surface area contributed by atoms with E-state index in [1.54, 1.807) is 6.92 Å². The Labute approximate surface area is 92.9 Å². The van der Waals surface area contributed by atoms with E-state index in [0.717, 1.165) is 12.1 Å². The van der Waals surface area contributed by atoms with Crippen LogP contribution in [0.1, 0.15) is 25.8 Å². The molecule has 2 unspecified atom stereocenters. The number of hydrogen-bond donors (Lipinski definition) is 1. The van der Waals surface area contributed by atoms with Gasteiger partial charge in [0.1, 0.15) is 5.82 Å². The molecule has 0 spiro atoms. The Kier molecular flexibility index (Phi) is 3.97. The lowest BCUT2D eigenvalue weighted by Crippen LogP contribution is -2.36. The first kappa shape index (κ1) is 13.0. The fourth-order valence-electron chi connectivity index (χ4n) is 1.74.